The topological polar surface area (TPSA) is 83.7 Å². The van der Waals surface area contributed by atoms with Gasteiger partial charge in [0.25, 0.3) is 11.6 Å². The van der Waals surface area contributed by atoms with Crippen LogP contribution in [-0.4, -0.2) is 33.9 Å². The molecular weight excluding hydrogens is 296 g/mol. The molecule has 1 amide bonds. The number of amides is 1. The van der Waals surface area contributed by atoms with E-state index >= 15 is 0 Å². The summed E-state index contributed by atoms with van der Waals surface area (Å²) in [5.41, 5.74) is 0.785. The zero-order valence-electron chi connectivity index (χ0n) is 12.9. The van der Waals surface area contributed by atoms with E-state index in [2.05, 4.69) is 0 Å². The summed E-state index contributed by atoms with van der Waals surface area (Å²) in [6.07, 6.45) is -0.844. The summed E-state index contributed by atoms with van der Waals surface area (Å²) in [4.78, 5) is 24.1. The monoisotopic (exact) mass is 314 g/mol. The average Bonchev–Trinajstić information content (AvgIpc) is 2.60. The minimum atomic E-state index is -0.844. The van der Waals surface area contributed by atoms with Gasteiger partial charge in [-0.25, -0.2) is 0 Å². The average molecular weight is 314 g/mol. The van der Waals surface area contributed by atoms with Crippen molar-refractivity contribution in [1.82, 2.24) is 4.90 Å². The minimum Gasteiger partial charge on any atom is -0.386 e. The predicted molar refractivity (Wildman–Crippen MR) is 86.1 cm³/mol. The van der Waals surface area contributed by atoms with E-state index < -0.39 is 17.1 Å². The third-order valence-electron chi connectivity index (χ3n) is 3.83. The highest BCUT2D eigenvalue weighted by molar-refractivity contribution is 5.94. The highest BCUT2D eigenvalue weighted by Gasteiger charge is 2.25. The van der Waals surface area contributed by atoms with Crippen LogP contribution < -0.4 is 0 Å². The Labute approximate surface area is 134 Å². The molecule has 0 fully saturated rings. The van der Waals surface area contributed by atoms with Crippen LogP contribution in [0.15, 0.2) is 54.6 Å². The molecule has 0 saturated heterocycles. The fourth-order valence-corrected chi connectivity index (χ4v) is 2.28. The first-order chi connectivity index (χ1) is 10.9. The molecule has 0 aliphatic heterocycles. The van der Waals surface area contributed by atoms with E-state index in [0.717, 1.165) is 0 Å². The molecule has 0 spiro atoms. The Kier molecular flexibility index (Phi) is 5.08. The molecule has 0 radical (unpaired) electrons. The molecule has 0 aliphatic carbocycles. The van der Waals surface area contributed by atoms with E-state index in [9.17, 15) is 20.0 Å². The highest BCUT2D eigenvalue weighted by atomic mass is 16.6. The third-order valence-corrected chi connectivity index (χ3v) is 3.83. The molecule has 2 aromatic rings. The van der Waals surface area contributed by atoms with E-state index in [1.165, 1.54) is 29.2 Å². The van der Waals surface area contributed by atoms with Crippen molar-refractivity contribution in [1.29, 1.82) is 0 Å². The number of hydrogen-bond acceptors (Lipinski definition) is 4. The Balaban J connectivity index is 2.19. The van der Waals surface area contributed by atoms with Gasteiger partial charge >= 0.3 is 0 Å². The molecule has 2 rings (SSSR count). The first kappa shape index (κ1) is 16.6. The van der Waals surface area contributed by atoms with E-state index in [1.54, 1.807) is 26.1 Å². The number of carbonyl (C=O) groups excluding carboxylic acids is 1. The lowest BCUT2D eigenvalue weighted by Crippen LogP contribution is -2.39. The molecule has 2 atom stereocenters. The summed E-state index contributed by atoms with van der Waals surface area (Å²) >= 11 is 0. The van der Waals surface area contributed by atoms with Crippen LogP contribution in [0.2, 0.25) is 0 Å². The second-order valence-electron chi connectivity index (χ2n) is 5.32. The largest absolute Gasteiger partial charge is 0.386 e. The summed E-state index contributed by atoms with van der Waals surface area (Å²) in [6.45, 7) is 1.73. The van der Waals surface area contributed by atoms with Crippen LogP contribution in [-0.2, 0) is 0 Å². The van der Waals surface area contributed by atoms with Gasteiger partial charge in [0, 0.05) is 24.7 Å². The van der Waals surface area contributed by atoms with Crippen molar-refractivity contribution in [2.45, 2.75) is 19.1 Å². The Morgan fingerprint density at radius 3 is 2.43 bits per heavy atom. The van der Waals surface area contributed by atoms with E-state index in [4.69, 9.17) is 0 Å². The standard InChI is InChI=1S/C17H18N2O4/c1-12(16(20)13-7-4-3-5-8-13)18(2)17(21)14-9-6-10-15(11-14)19(22)23/h3-12,16,20H,1-2H3. The summed E-state index contributed by atoms with van der Waals surface area (Å²) < 4.78 is 0. The van der Waals surface area contributed by atoms with Gasteiger partial charge in [-0.3, -0.25) is 14.9 Å². The van der Waals surface area contributed by atoms with Crippen LogP contribution in [0.1, 0.15) is 28.9 Å². The van der Waals surface area contributed by atoms with Gasteiger partial charge in [0.15, 0.2) is 0 Å². The second-order valence-corrected chi connectivity index (χ2v) is 5.32. The number of rotatable bonds is 5. The number of aliphatic hydroxyl groups excluding tert-OH is 1. The van der Waals surface area contributed by atoms with Crippen molar-refractivity contribution in [3.63, 3.8) is 0 Å². The number of nitro benzene ring substituents is 1. The maximum absolute atomic E-state index is 12.5. The zero-order chi connectivity index (χ0) is 17.0. The van der Waals surface area contributed by atoms with Crippen molar-refractivity contribution in [3.8, 4) is 0 Å². The number of carbonyl (C=O) groups is 1. The molecule has 2 aromatic carbocycles. The van der Waals surface area contributed by atoms with E-state index in [1.807, 2.05) is 18.2 Å². The van der Waals surface area contributed by atoms with Gasteiger partial charge in [-0.15, -0.1) is 0 Å². The number of benzene rings is 2. The molecule has 0 heterocycles. The lowest BCUT2D eigenvalue weighted by Gasteiger charge is -2.29. The Morgan fingerprint density at radius 1 is 1.17 bits per heavy atom. The fraction of sp³-hybridized carbons (Fsp3) is 0.235. The van der Waals surface area contributed by atoms with Gasteiger partial charge in [-0.05, 0) is 18.6 Å². The highest BCUT2D eigenvalue weighted by Crippen LogP contribution is 2.22. The van der Waals surface area contributed by atoms with Crippen LogP contribution in [0.5, 0.6) is 0 Å². The maximum Gasteiger partial charge on any atom is 0.270 e. The van der Waals surface area contributed by atoms with Crippen molar-refractivity contribution in [2.75, 3.05) is 7.05 Å². The number of aliphatic hydroxyl groups is 1. The van der Waals surface area contributed by atoms with E-state index in [-0.39, 0.29) is 17.2 Å². The molecule has 120 valence electrons. The quantitative estimate of drug-likeness (QED) is 0.679. The maximum atomic E-state index is 12.5. The predicted octanol–water partition coefficient (Wildman–Crippen LogP) is 2.79. The van der Waals surface area contributed by atoms with Crippen molar-refractivity contribution < 1.29 is 14.8 Å². The molecule has 0 bridgehead atoms. The summed E-state index contributed by atoms with van der Waals surface area (Å²) in [7, 11) is 1.57. The lowest BCUT2D eigenvalue weighted by atomic mass is 10.0. The first-order valence-electron chi connectivity index (χ1n) is 7.16. The Hall–Kier alpha value is -2.73. The number of nitro groups is 1. The molecular formula is C17H18N2O4. The van der Waals surface area contributed by atoms with Gasteiger partial charge in [-0.2, -0.15) is 0 Å². The first-order valence-corrected chi connectivity index (χ1v) is 7.16. The number of non-ortho nitro benzene ring substituents is 1. The van der Waals surface area contributed by atoms with Gasteiger partial charge in [0.2, 0.25) is 0 Å². The van der Waals surface area contributed by atoms with Crippen LogP contribution in [0.3, 0.4) is 0 Å². The molecule has 0 aromatic heterocycles. The summed E-state index contributed by atoms with van der Waals surface area (Å²) in [5.74, 6) is -0.379. The van der Waals surface area contributed by atoms with Crippen LogP contribution >= 0.6 is 0 Å². The third kappa shape index (κ3) is 3.73. The van der Waals surface area contributed by atoms with Crippen molar-refractivity contribution >= 4 is 11.6 Å². The fourth-order valence-electron chi connectivity index (χ4n) is 2.28. The van der Waals surface area contributed by atoms with Crippen molar-refractivity contribution in [3.05, 3.63) is 75.8 Å². The van der Waals surface area contributed by atoms with Gasteiger partial charge in [-0.1, -0.05) is 36.4 Å². The minimum absolute atomic E-state index is 0.138. The number of hydrogen-bond donors (Lipinski definition) is 1. The Bertz CT molecular complexity index is 703. The second kappa shape index (κ2) is 7.02. The van der Waals surface area contributed by atoms with Crippen LogP contribution in [0.4, 0.5) is 5.69 Å². The number of likely N-dealkylation sites (N-methyl/N-ethyl adjacent to an activating group) is 1. The van der Waals surface area contributed by atoms with Gasteiger partial charge in [0.1, 0.15) is 0 Å². The molecule has 1 N–H and O–H groups in total. The van der Waals surface area contributed by atoms with Crippen molar-refractivity contribution in [2.24, 2.45) is 0 Å². The van der Waals surface area contributed by atoms with Gasteiger partial charge in [0.05, 0.1) is 17.1 Å². The van der Waals surface area contributed by atoms with E-state index in [0.29, 0.717) is 5.56 Å². The molecule has 0 aliphatic rings. The Morgan fingerprint density at radius 2 is 1.83 bits per heavy atom. The van der Waals surface area contributed by atoms with Crippen LogP contribution in [0.25, 0.3) is 0 Å². The molecule has 2 unspecified atom stereocenters. The smallest absolute Gasteiger partial charge is 0.270 e. The molecule has 6 nitrogen and oxygen atoms in total. The van der Waals surface area contributed by atoms with Gasteiger partial charge < -0.3 is 10.0 Å². The summed E-state index contributed by atoms with van der Waals surface area (Å²) in [6, 6.07) is 14.1. The SMILES string of the molecule is CC(C(O)c1ccccc1)N(C)C(=O)c1cccc([N+](=O)[O-])c1. The normalized spacial score (nSPS) is 13.2. The summed E-state index contributed by atoms with van der Waals surface area (Å²) in [5, 5.41) is 21.2. The lowest BCUT2D eigenvalue weighted by molar-refractivity contribution is -0.384. The number of nitrogens with zero attached hydrogens (tertiary/aromatic N) is 2. The molecule has 0 saturated carbocycles. The zero-order valence-corrected chi connectivity index (χ0v) is 12.9. The molecule has 6 heteroatoms. The molecule has 23 heavy (non-hydrogen) atoms. The van der Waals surface area contributed by atoms with Crippen LogP contribution in [0, 0.1) is 10.1 Å².